The summed E-state index contributed by atoms with van der Waals surface area (Å²) in [6.45, 7) is 2.23. The molecule has 3 aromatic rings. The Morgan fingerprint density at radius 3 is 2.61 bits per heavy atom. The zero-order chi connectivity index (χ0) is 23.2. The zero-order valence-electron chi connectivity index (χ0n) is 18.9. The number of nitrogens with one attached hydrogen (secondary N) is 2. The molecule has 1 aromatic heterocycles. The highest BCUT2D eigenvalue weighted by Gasteiger charge is 2.27. The maximum absolute atomic E-state index is 13.4. The Hall–Kier alpha value is -3.39. The van der Waals surface area contributed by atoms with Crippen LogP contribution in [0, 0.1) is 5.82 Å². The van der Waals surface area contributed by atoms with Gasteiger partial charge < -0.3 is 20.1 Å². The highest BCUT2D eigenvalue weighted by atomic mass is 19.1. The van der Waals surface area contributed by atoms with Crippen LogP contribution in [0.1, 0.15) is 40.4 Å². The lowest BCUT2D eigenvalue weighted by atomic mass is 9.91. The Morgan fingerprint density at radius 2 is 1.91 bits per heavy atom. The summed E-state index contributed by atoms with van der Waals surface area (Å²) in [6, 6.07) is 11.8. The van der Waals surface area contributed by atoms with Gasteiger partial charge in [0, 0.05) is 18.5 Å². The molecule has 0 radical (unpaired) electrons. The van der Waals surface area contributed by atoms with E-state index in [1.54, 1.807) is 37.2 Å². The van der Waals surface area contributed by atoms with Crippen LogP contribution in [0.2, 0.25) is 0 Å². The summed E-state index contributed by atoms with van der Waals surface area (Å²) >= 11 is 0. The van der Waals surface area contributed by atoms with Crippen LogP contribution in [0.3, 0.4) is 0 Å². The second kappa shape index (κ2) is 10.5. The normalized spacial score (nSPS) is 14.2. The van der Waals surface area contributed by atoms with Crippen molar-refractivity contribution in [2.24, 2.45) is 0 Å². The molecule has 2 aromatic carbocycles. The minimum atomic E-state index is -0.304. The zero-order valence-corrected chi connectivity index (χ0v) is 18.9. The van der Waals surface area contributed by atoms with E-state index in [2.05, 4.69) is 15.7 Å². The van der Waals surface area contributed by atoms with Gasteiger partial charge in [-0.05, 0) is 68.2 Å². The fourth-order valence-electron chi connectivity index (χ4n) is 4.27. The number of nitrogens with zero attached hydrogens (tertiary/aromatic N) is 2. The van der Waals surface area contributed by atoms with Gasteiger partial charge in [0.25, 0.3) is 5.91 Å². The van der Waals surface area contributed by atoms with Crippen LogP contribution < -0.4 is 20.1 Å². The van der Waals surface area contributed by atoms with Crippen LogP contribution in [0.15, 0.2) is 48.7 Å². The lowest BCUT2D eigenvalue weighted by Gasteiger charge is -2.24. The number of hydrogen-bond donors (Lipinski definition) is 2. The molecule has 1 aliphatic heterocycles. The van der Waals surface area contributed by atoms with Gasteiger partial charge in [-0.15, -0.1) is 0 Å². The van der Waals surface area contributed by atoms with Gasteiger partial charge in [-0.25, -0.2) is 9.07 Å². The SMILES string of the molecule is COc1ccc(CCNC(=O)c2cnn(-c3ccc(F)cc3)c2C2CCNCC2)c(OC)c1. The third-order valence-electron chi connectivity index (χ3n) is 6.02. The molecule has 0 unspecified atom stereocenters. The standard InChI is InChI=1S/C25H29FN4O3/c1-32-21-8-3-17(23(15-21)33-2)11-14-28-25(31)22-16-29-30(20-6-4-19(26)5-7-20)24(22)18-9-12-27-13-10-18/h3-8,15-16,18,27H,9-14H2,1-2H3,(H,28,31). The number of amides is 1. The van der Waals surface area contributed by atoms with Gasteiger partial charge in [0.15, 0.2) is 0 Å². The molecule has 0 aliphatic carbocycles. The molecule has 2 N–H and O–H groups in total. The molecule has 0 bridgehead atoms. The fraction of sp³-hybridized carbons (Fsp3) is 0.360. The average Bonchev–Trinajstić information content (AvgIpc) is 3.30. The number of aromatic nitrogens is 2. The molecule has 1 aliphatic rings. The van der Waals surface area contributed by atoms with Gasteiger partial charge in [0.1, 0.15) is 17.3 Å². The largest absolute Gasteiger partial charge is 0.497 e. The van der Waals surface area contributed by atoms with E-state index in [0.29, 0.717) is 18.5 Å². The number of halogens is 1. The van der Waals surface area contributed by atoms with E-state index in [1.807, 2.05) is 18.2 Å². The first kappa shape index (κ1) is 22.8. The van der Waals surface area contributed by atoms with Crippen LogP contribution in [0.25, 0.3) is 5.69 Å². The van der Waals surface area contributed by atoms with E-state index < -0.39 is 0 Å². The molecule has 1 saturated heterocycles. The van der Waals surface area contributed by atoms with E-state index in [9.17, 15) is 9.18 Å². The smallest absolute Gasteiger partial charge is 0.254 e. The number of ether oxygens (including phenoxy) is 2. The van der Waals surface area contributed by atoms with E-state index in [4.69, 9.17) is 9.47 Å². The lowest BCUT2D eigenvalue weighted by Crippen LogP contribution is -2.31. The monoisotopic (exact) mass is 452 g/mol. The summed E-state index contributed by atoms with van der Waals surface area (Å²) in [6.07, 6.45) is 4.06. The Bertz CT molecular complexity index is 1090. The van der Waals surface area contributed by atoms with Crippen molar-refractivity contribution in [2.75, 3.05) is 33.9 Å². The van der Waals surface area contributed by atoms with E-state index in [0.717, 1.165) is 54.4 Å². The van der Waals surface area contributed by atoms with Gasteiger partial charge in [-0.3, -0.25) is 4.79 Å². The van der Waals surface area contributed by atoms with Crippen LogP contribution in [0.5, 0.6) is 11.5 Å². The quantitative estimate of drug-likeness (QED) is 0.547. The minimum absolute atomic E-state index is 0.163. The Kier molecular flexibility index (Phi) is 7.24. The van der Waals surface area contributed by atoms with Gasteiger partial charge in [0.2, 0.25) is 0 Å². The molecule has 8 heteroatoms. The summed E-state index contributed by atoms with van der Waals surface area (Å²) in [5.41, 5.74) is 3.17. The summed E-state index contributed by atoms with van der Waals surface area (Å²) < 4.78 is 25.9. The number of carbonyl (C=O) groups is 1. The van der Waals surface area contributed by atoms with Gasteiger partial charge in [0.05, 0.1) is 37.4 Å². The molecule has 0 atom stereocenters. The average molecular weight is 453 g/mol. The molecular formula is C25H29FN4O3. The van der Waals surface area contributed by atoms with Crippen LogP contribution in [-0.4, -0.2) is 49.5 Å². The second-order valence-electron chi connectivity index (χ2n) is 8.04. The molecule has 1 fully saturated rings. The number of piperidine rings is 1. The number of benzene rings is 2. The van der Waals surface area contributed by atoms with Crippen molar-refractivity contribution in [1.82, 2.24) is 20.4 Å². The van der Waals surface area contributed by atoms with Crippen molar-refractivity contribution >= 4 is 5.91 Å². The van der Waals surface area contributed by atoms with E-state index in [1.165, 1.54) is 12.1 Å². The maximum atomic E-state index is 13.4. The lowest BCUT2D eigenvalue weighted by molar-refractivity contribution is 0.0952. The molecular weight excluding hydrogens is 423 g/mol. The molecule has 33 heavy (non-hydrogen) atoms. The molecule has 0 spiro atoms. The molecule has 1 amide bonds. The Balaban J connectivity index is 1.53. The molecule has 174 valence electrons. The third kappa shape index (κ3) is 5.17. The number of methoxy groups -OCH3 is 2. The summed E-state index contributed by atoms with van der Waals surface area (Å²) in [7, 11) is 3.23. The first-order valence-corrected chi connectivity index (χ1v) is 11.1. The first-order valence-electron chi connectivity index (χ1n) is 11.1. The topological polar surface area (TPSA) is 77.4 Å². The van der Waals surface area contributed by atoms with Crippen molar-refractivity contribution in [3.63, 3.8) is 0 Å². The predicted molar refractivity (Wildman–Crippen MR) is 124 cm³/mol. The van der Waals surface area contributed by atoms with E-state index in [-0.39, 0.29) is 17.6 Å². The molecule has 7 nitrogen and oxygen atoms in total. The van der Waals surface area contributed by atoms with Crippen LogP contribution in [-0.2, 0) is 6.42 Å². The fourth-order valence-corrected chi connectivity index (χ4v) is 4.27. The molecule has 4 rings (SSSR count). The van der Waals surface area contributed by atoms with Crippen molar-refractivity contribution < 1.29 is 18.7 Å². The van der Waals surface area contributed by atoms with E-state index >= 15 is 0 Å². The Labute approximate surface area is 192 Å². The van der Waals surface area contributed by atoms with Gasteiger partial charge >= 0.3 is 0 Å². The molecule has 2 heterocycles. The van der Waals surface area contributed by atoms with Crippen molar-refractivity contribution in [3.05, 3.63) is 71.3 Å². The number of rotatable bonds is 8. The van der Waals surface area contributed by atoms with Crippen molar-refractivity contribution in [2.45, 2.75) is 25.2 Å². The highest BCUT2D eigenvalue weighted by Crippen LogP contribution is 2.30. The Morgan fingerprint density at radius 1 is 1.15 bits per heavy atom. The van der Waals surface area contributed by atoms with Crippen LogP contribution in [0.4, 0.5) is 4.39 Å². The number of carbonyl (C=O) groups excluding carboxylic acids is 1. The van der Waals surface area contributed by atoms with Crippen molar-refractivity contribution in [1.29, 1.82) is 0 Å². The second-order valence-corrected chi connectivity index (χ2v) is 8.04. The van der Waals surface area contributed by atoms with Crippen LogP contribution >= 0.6 is 0 Å². The maximum Gasteiger partial charge on any atom is 0.254 e. The van der Waals surface area contributed by atoms with Gasteiger partial charge in [-0.1, -0.05) is 6.07 Å². The summed E-state index contributed by atoms with van der Waals surface area (Å²) in [4.78, 5) is 13.2. The summed E-state index contributed by atoms with van der Waals surface area (Å²) in [5.74, 6) is 1.18. The third-order valence-corrected chi connectivity index (χ3v) is 6.02. The minimum Gasteiger partial charge on any atom is -0.497 e. The number of hydrogen-bond acceptors (Lipinski definition) is 5. The van der Waals surface area contributed by atoms with Crippen molar-refractivity contribution in [3.8, 4) is 17.2 Å². The highest BCUT2D eigenvalue weighted by molar-refractivity contribution is 5.95. The molecule has 0 saturated carbocycles. The summed E-state index contributed by atoms with van der Waals surface area (Å²) in [5, 5.41) is 10.9. The predicted octanol–water partition coefficient (Wildman–Crippen LogP) is 3.47. The first-order chi connectivity index (χ1) is 16.1. The van der Waals surface area contributed by atoms with Gasteiger partial charge in [-0.2, -0.15) is 5.10 Å².